The largest absolute Gasteiger partial charge is 0.495 e. The van der Waals surface area contributed by atoms with E-state index in [2.05, 4.69) is 15.5 Å². The molecule has 0 bridgehead atoms. The Morgan fingerprint density at radius 3 is 2.65 bits per heavy atom. The van der Waals surface area contributed by atoms with Crippen LogP contribution < -0.4 is 10.1 Å². The molecule has 3 aromatic rings. The molecule has 0 saturated heterocycles. The molecule has 0 unspecified atom stereocenters. The number of hydrogen-bond acceptors (Lipinski definition) is 3. The molecule has 2 aromatic carbocycles. The maximum absolute atomic E-state index is 12.9. The molecule has 2 N–H and O–H groups in total. The van der Waals surface area contributed by atoms with Crippen molar-refractivity contribution < 1.29 is 13.9 Å². The Morgan fingerprint density at radius 1 is 1.17 bits per heavy atom. The van der Waals surface area contributed by atoms with Crippen molar-refractivity contribution in [3.63, 3.8) is 0 Å². The standard InChI is InChI=1S/C17H14FN3O2/c1-23-16-5-3-2-4-13(16)19-17(22)15-10-14(20-21-15)11-6-8-12(18)9-7-11/h2-10H,1H3,(H,19,22)(H,20,21). The number of nitrogens with zero attached hydrogens (tertiary/aromatic N) is 1. The highest BCUT2D eigenvalue weighted by molar-refractivity contribution is 6.04. The molecular weight excluding hydrogens is 297 g/mol. The lowest BCUT2D eigenvalue weighted by Crippen LogP contribution is -2.13. The lowest BCUT2D eigenvalue weighted by molar-refractivity contribution is 0.102. The lowest BCUT2D eigenvalue weighted by atomic mass is 10.1. The fraction of sp³-hybridized carbons (Fsp3) is 0.0588. The summed E-state index contributed by atoms with van der Waals surface area (Å²) in [5, 5.41) is 9.52. The molecule has 0 fully saturated rings. The minimum Gasteiger partial charge on any atom is -0.495 e. The molecule has 0 aliphatic carbocycles. The molecule has 116 valence electrons. The summed E-state index contributed by atoms with van der Waals surface area (Å²) in [6.07, 6.45) is 0. The monoisotopic (exact) mass is 311 g/mol. The molecule has 0 radical (unpaired) electrons. The molecule has 23 heavy (non-hydrogen) atoms. The highest BCUT2D eigenvalue weighted by atomic mass is 19.1. The average Bonchev–Trinajstić information content (AvgIpc) is 3.06. The molecule has 1 aromatic heterocycles. The number of hydrogen-bond donors (Lipinski definition) is 2. The fourth-order valence-corrected chi connectivity index (χ4v) is 2.14. The molecule has 1 heterocycles. The van der Waals surface area contributed by atoms with Crippen LogP contribution in [0.15, 0.2) is 54.6 Å². The van der Waals surface area contributed by atoms with Crippen molar-refractivity contribution in [2.75, 3.05) is 12.4 Å². The van der Waals surface area contributed by atoms with Gasteiger partial charge in [0.25, 0.3) is 5.91 Å². The third kappa shape index (κ3) is 3.21. The van der Waals surface area contributed by atoms with Gasteiger partial charge in [-0.05, 0) is 42.5 Å². The zero-order valence-electron chi connectivity index (χ0n) is 12.3. The van der Waals surface area contributed by atoms with Crippen LogP contribution in [0, 0.1) is 5.82 Å². The number of halogens is 1. The van der Waals surface area contributed by atoms with Gasteiger partial charge in [-0.3, -0.25) is 9.89 Å². The number of carbonyl (C=O) groups is 1. The number of carbonyl (C=O) groups excluding carboxylic acids is 1. The SMILES string of the molecule is COc1ccccc1NC(=O)c1cc(-c2ccc(F)cc2)n[nH]1. The number of H-pyrrole nitrogens is 1. The van der Waals surface area contributed by atoms with E-state index in [0.717, 1.165) is 5.56 Å². The molecule has 0 saturated carbocycles. The fourth-order valence-electron chi connectivity index (χ4n) is 2.14. The smallest absolute Gasteiger partial charge is 0.273 e. The number of benzene rings is 2. The summed E-state index contributed by atoms with van der Waals surface area (Å²) >= 11 is 0. The van der Waals surface area contributed by atoms with Crippen LogP contribution in [0.4, 0.5) is 10.1 Å². The second kappa shape index (κ2) is 6.31. The summed E-state index contributed by atoms with van der Waals surface area (Å²) in [5.74, 6) is -0.0899. The highest BCUT2D eigenvalue weighted by Crippen LogP contribution is 2.24. The van der Waals surface area contributed by atoms with Gasteiger partial charge in [0.15, 0.2) is 0 Å². The summed E-state index contributed by atoms with van der Waals surface area (Å²) in [7, 11) is 1.54. The van der Waals surface area contributed by atoms with E-state index in [9.17, 15) is 9.18 Å². The number of para-hydroxylation sites is 2. The third-order valence-electron chi connectivity index (χ3n) is 3.32. The van der Waals surface area contributed by atoms with Gasteiger partial charge in [-0.1, -0.05) is 12.1 Å². The van der Waals surface area contributed by atoms with Gasteiger partial charge in [-0.25, -0.2) is 4.39 Å². The van der Waals surface area contributed by atoms with Gasteiger partial charge in [-0.15, -0.1) is 0 Å². The topological polar surface area (TPSA) is 67.0 Å². The second-order valence-electron chi connectivity index (χ2n) is 4.83. The molecule has 1 amide bonds. The van der Waals surface area contributed by atoms with E-state index in [-0.39, 0.29) is 11.7 Å². The second-order valence-corrected chi connectivity index (χ2v) is 4.83. The first kappa shape index (κ1) is 14.8. The lowest BCUT2D eigenvalue weighted by Gasteiger charge is -2.08. The number of methoxy groups -OCH3 is 1. The predicted molar refractivity (Wildman–Crippen MR) is 84.9 cm³/mol. The van der Waals surface area contributed by atoms with Gasteiger partial charge in [0.1, 0.15) is 17.3 Å². The molecule has 0 spiro atoms. The summed E-state index contributed by atoms with van der Waals surface area (Å²) in [5.41, 5.74) is 2.15. The first-order valence-corrected chi connectivity index (χ1v) is 6.93. The Labute approximate surface area is 132 Å². The molecule has 3 rings (SSSR count). The van der Waals surface area contributed by atoms with Crippen LogP contribution >= 0.6 is 0 Å². The Hall–Kier alpha value is -3.15. The Balaban J connectivity index is 1.80. The number of aromatic nitrogens is 2. The van der Waals surface area contributed by atoms with Crippen molar-refractivity contribution in [3.05, 3.63) is 66.1 Å². The molecule has 0 aliphatic heterocycles. The van der Waals surface area contributed by atoms with Crippen LogP contribution in [0.1, 0.15) is 10.5 Å². The number of ether oxygens (including phenoxy) is 1. The highest BCUT2D eigenvalue weighted by Gasteiger charge is 2.13. The number of amides is 1. The normalized spacial score (nSPS) is 10.3. The van der Waals surface area contributed by atoms with Crippen molar-refractivity contribution in [2.45, 2.75) is 0 Å². The molecular formula is C17H14FN3O2. The van der Waals surface area contributed by atoms with Crippen molar-refractivity contribution in [1.82, 2.24) is 10.2 Å². The minimum absolute atomic E-state index is 0.301. The maximum Gasteiger partial charge on any atom is 0.273 e. The van der Waals surface area contributed by atoms with Gasteiger partial charge < -0.3 is 10.1 Å². The van der Waals surface area contributed by atoms with Gasteiger partial charge in [0.2, 0.25) is 0 Å². The van der Waals surface area contributed by atoms with E-state index in [1.165, 1.54) is 19.2 Å². The Bertz CT molecular complexity index is 828. The van der Waals surface area contributed by atoms with Crippen molar-refractivity contribution >= 4 is 11.6 Å². The van der Waals surface area contributed by atoms with Gasteiger partial charge in [-0.2, -0.15) is 5.10 Å². The van der Waals surface area contributed by atoms with E-state index >= 15 is 0 Å². The van der Waals surface area contributed by atoms with E-state index in [1.54, 1.807) is 36.4 Å². The van der Waals surface area contributed by atoms with Crippen LogP contribution in [0.2, 0.25) is 0 Å². The van der Waals surface area contributed by atoms with E-state index in [1.807, 2.05) is 6.07 Å². The van der Waals surface area contributed by atoms with Crippen molar-refractivity contribution in [1.29, 1.82) is 0 Å². The summed E-state index contributed by atoms with van der Waals surface area (Å²) in [6, 6.07) is 14.6. The Morgan fingerprint density at radius 2 is 1.91 bits per heavy atom. The van der Waals surface area contributed by atoms with Gasteiger partial charge >= 0.3 is 0 Å². The van der Waals surface area contributed by atoms with Crippen molar-refractivity contribution in [2.24, 2.45) is 0 Å². The van der Waals surface area contributed by atoms with E-state index < -0.39 is 0 Å². The Kier molecular flexibility index (Phi) is 4.05. The first-order valence-electron chi connectivity index (χ1n) is 6.93. The predicted octanol–water partition coefficient (Wildman–Crippen LogP) is 3.48. The number of anilines is 1. The quantitative estimate of drug-likeness (QED) is 0.775. The number of aromatic amines is 1. The summed E-state index contributed by atoms with van der Waals surface area (Å²) in [6.45, 7) is 0. The van der Waals surface area contributed by atoms with Gasteiger partial charge in [0, 0.05) is 5.56 Å². The van der Waals surface area contributed by atoms with Crippen LogP contribution in [0.5, 0.6) is 5.75 Å². The summed E-state index contributed by atoms with van der Waals surface area (Å²) < 4.78 is 18.1. The van der Waals surface area contributed by atoms with Crippen molar-refractivity contribution in [3.8, 4) is 17.0 Å². The number of nitrogens with one attached hydrogen (secondary N) is 2. The zero-order chi connectivity index (χ0) is 16.2. The minimum atomic E-state index is -0.338. The third-order valence-corrected chi connectivity index (χ3v) is 3.32. The van der Waals surface area contributed by atoms with Gasteiger partial charge in [0.05, 0.1) is 18.5 Å². The molecule has 5 nitrogen and oxygen atoms in total. The maximum atomic E-state index is 12.9. The summed E-state index contributed by atoms with van der Waals surface area (Å²) in [4.78, 5) is 12.3. The van der Waals surface area contributed by atoms with E-state index in [0.29, 0.717) is 22.8 Å². The zero-order valence-corrected chi connectivity index (χ0v) is 12.3. The van der Waals surface area contributed by atoms with Crippen LogP contribution in [0.3, 0.4) is 0 Å². The van der Waals surface area contributed by atoms with Crippen LogP contribution in [-0.2, 0) is 0 Å². The first-order chi connectivity index (χ1) is 11.2. The van der Waals surface area contributed by atoms with Crippen LogP contribution in [0.25, 0.3) is 11.3 Å². The molecule has 0 aliphatic rings. The van der Waals surface area contributed by atoms with E-state index in [4.69, 9.17) is 4.74 Å². The molecule has 6 heteroatoms. The average molecular weight is 311 g/mol. The molecule has 0 atom stereocenters. The van der Waals surface area contributed by atoms with Crippen LogP contribution in [-0.4, -0.2) is 23.2 Å². The number of rotatable bonds is 4.